The summed E-state index contributed by atoms with van der Waals surface area (Å²) in [5.74, 6) is 0.0295. The maximum atomic E-state index is 12.9. The summed E-state index contributed by atoms with van der Waals surface area (Å²) in [6, 6.07) is 0. The Bertz CT molecular complexity index is 1040. The lowest BCUT2D eigenvalue weighted by Crippen LogP contribution is -2.30. The summed E-state index contributed by atoms with van der Waals surface area (Å²) in [5.41, 5.74) is 0. The van der Waals surface area contributed by atoms with Gasteiger partial charge in [0.1, 0.15) is 13.2 Å². The van der Waals surface area contributed by atoms with E-state index in [1.54, 1.807) is 0 Å². The molecule has 0 saturated heterocycles. The molecule has 0 aliphatic heterocycles. The Morgan fingerprint density at radius 3 is 0.710 bits per heavy atom. The van der Waals surface area contributed by atoms with Crippen molar-refractivity contribution in [1.29, 1.82) is 0 Å². The number of hydrogen-bond donors (Lipinski definition) is 0. The molecule has 0 bridgehead atoms. The highest BCUT2D eigenvalue weighted by Gasteiger charge is 2.19. The summed E-state index contributed by atoms with van der Waals surface area (Å²) >= 11 is 0. The monoisotopic (exact) mass is 975 g/mol. The van der Waals surface area contributed by atoms with E-state index < -0.39 is 6.10 Å². The molecule has 6 heteroatoms. The molecule has 0 aromatic carbocycles. The lowest BCUT2D eigenvalue weighted by Gasteiger charge is -2.18. The van der Waals surface area contributed by atoms with Crippen LogP contribution in [0.5, 0.6) is 0 Å². The van der Waals surface area contributed by atoms with Crippen LogP contribution >= 0.6 is 0 Å². The van der Waals surface area contributed by atoms with E-state index in [9.17, 15) is 14.4 Å². The minimum absolute atomic E-state index is 0.0612. The second kappa shape index (κ2) is 57.3. The van der Waals surface area contributed by atoms with Crippen LogP contribution in [-0.4, -0.2) is 37.2 Å². The lowest BCUT2D eigenvalue weighted by molar-refractivity contribution is -0.167. The van der Waals surface area contributed by atoms with Crippen molar-refractivity contribution in [3.63, 3.8) is 0 Å². The van der Waals surface area contributed by atoms with E-state index in [0.717, 1.165) is 63.7 Å². The van der Waals surface area contributed by atoms with Crippen LogP contribution in [0.2, 0.25) is 0 Å². The highest BCUT2D eigenvalue weighted by atomic mass is 16.6. The van der Waals surface area contributed by atoms with Gasteiger partial charge in [-0.2, -0.15) is 0 Å². The molecule has 1 atom stereocenters. The van der Waals surface area contributed by atoms with Crippen molar-refractivity contribution in [2.24, 2.45) is 5.92 Å². The molecule has 0 aromatic heterocycles. The number of esters is 3. The first kappa shape index (κ1) is 67.4. The zero-order valence-electron chi connectivity index (χ0n) is 47.3. The van der Waals surface area contributed by atoms with Gasteiger partial charge in [0.05, 0.1) is 0 Å². The number of carbonyl (C=O) groups is 3. The molecule has 0 rings (SSSR count). The standard InChI is InChI=1S/C63H122O6/c1-5-7-9-11-13-15-17-19-20-21-25-29-32-36-40-44-48-52-56-63(66)69-60(57-67-61(64)54-50-46-42-38-34-18-16-14-12-10-8-6-2)58-68-62(65)55-51-47-43-39-35-31-28-26-23-22-24-27-30-33-37-41-45-49-53-59(3)4/h59-60H,5-58H2,1-4H3/t60-/m1/s1. The van der Waals surface area contributed by atoms with Crippen LogP contribution < -0.4 is 0 Å². The summed E-state index contributed by atoms with van der Waals surface area (Å²) in [6.45, 7) is 9.09. The number of carbonyl (C=O) groups excluding carboxylic acids is 3. The predicted molar refractivity (Wildman–Crippen MR) is 298 cm³/mol. The zero-order chi connectivity index (χ0) is 50.2. The first-order valence-corrected chi connectivity index (χ1v) is 31.4. The van der Waals surface area contributed by atoms with Gasteiger partial charge in [-0.05, 0) is 25.2 Å². The fourth-order valence-corrected chi connectivity index (χ4v) is 9.81. The van der Waals surface area contributed by atoms with Crippen molar-refractivity contribution in [2.45, 2.75) is 368 Å². The summed E-state index contributed by atoms with van der Waals surface area (Å²) in [6.07, 6.45) is 63.9. The van der Waals surface area contributed by atoms with Gasteiger partial charge in [0, 0.05) is 19.3 Å². The minimum atomic E-state index is -0.762. The van der Waals surface area contributed by atoms with Gasteiger partial charge in [-0.1, -0.05) is 323 Å². The Hall–Kier alpha value is -1.59. The lowest BCUT2D eigenvalue weighted by atomic mass is 10.0. The van der Waals surface area contributed by atoms with Crippen molar-refractivity contribution in [3.05, 3.63) is 0 Å². The SMILES string of the molecule is CCCCCCCCCCCCCCCCCCCCC(=O)O[C@H](COC(=O)CCCCCCCCCCCCCC)COC(=O)CCCCCCCCCCCCCCCCCCCCC(C)C. The Morgan fingerprint density at radius 2 is 0.478 bits per heavy atom. The van der Waals surface area contributed by atoms with E-state index in [1.807, 2.05) is 0 Å². The van der Waals surface area contributed by atoms with Crippen LogP contribution in [0.15, 0.2) is 0 Å². The third-order valence-corrected chi connectivity index (χ3v) is 14.5. The van der Waals surface area contributed by atoms with Crippen molar-refractivity contribution >= 4 is 17.9 Å². The molecular weight excluding hydrogens is 853 g/mol. The molecule has 6 nitrogen and oxygen atoms in total. The second-order valence-corrected chi connectivity index (χ2v) is 22.2. The molecule has 0 saturated carbocycles. The van der Waals surface area contributed by atoms with Crippen LogP contribution in [0.1, 0.15) is 362 Å². The maximum Gasteiger partial charge on any atom is 0.306 e. The Balaban J connectivity index is 4.23. The van der Waals surface area contributed by atoms with Crippen LogP contribution in [0, 0.1) is 5.92 Å². The molecule has 0 heterocycles. The zero-order valence-corrected chi connectivity index (χ0v) is 47.3. The Labute approximate surface area is 431 Å². The molecule has 0 amide bonds. The first-order valence-electron chi connectivity index (χ1n) is 31.4. The van der Waals surface area contributed by atoms with Crippen molar-refractivity contribution < 1.29 is 28.6 Å². The van der Waals surface area contributed by atoms with Crippen molar-refractivity contribution in [1.82, 2.24) is 0 Å². The number of rotatable bonds is 58. The average molecular weight is 976 g/mol. The molecule has 0 unspecified atom stereocenters. The third kappa shape index (κ3) is 57.2. The summed E-state index contributed by atoms with van der Waals surface area (Å²) in [4.78, 5) is 38.2. The van der Waals surface area contributed by atoms with E-state index in [4.69, 9.17) is 14.2 Å². The molecule has 69 heavy (non-hydrogen) atoms. The Morgan fingerprint density at radius 1 is 0.275 bits per heavy atom. The molecule has 0 radical (unpaired) electrons. The molecule has 0 aliphatic carbocycles. The molecule has 0 aromatic rings. The van der Waals surface area contributed by atoms with Crippen LogP contribution in [0.3, 0.4) is 0 Å². The predicted octanol–water partition coefficient (Wildman–Crippen LogP) is 21.0. The van der Waals surface area contributed by atoms with Gasteiger partial charge < -0.3 is 14.2 Å². The molecule has 0 N–H and O–H groups in total. The van der Waals surface area contributed by atoms with E-state index in [2.05, 4.69) is 27.7 Å². The van der Waals surface area contributed by atoms with E-state index in [0.29, 0.717) is 19.3 Å². The number of unbranched alkanes of at least 4 members (excludes halogenated alkanes) is 45. The van der Waals surface area contributed by atoms with Gasteiger partial charge >= 0.3 is 17.9 Å². The summed E-state index contributed by atoms with van der Waals surface area (Å²) in [5, 5.41) is 0. The maximum absolute atomic E-state index is 12.9. The molecule has 0 fully saturated rings. The fourth-order valence-electron chi connectivity index (χ4n) is 9.81. The molecule has 410 valence electrons. The first-order chi connectivity index (χ1) is 33.9. The van der Waals surface area contributed by atoms with Crippen LogP contribution in [-0.2, 0) is 28.6 Å². The van der Waals surface area contributed by atoms with Crippen LogP contribution in [0.4, 0.5) is 0 Å². The van der Waals surface area contributed by atoms with E-state index >= 15 is 0 Å². The molecule has 0 spiro atoms. The Kier molecular flexibility index (Phi) is 56.0. The number of hydrogen-bond acceptors (Lipinski definition) is 6. The van der Waals surface area contributed by atoms with Gasteiger partial charge in [0.15, 0.2) is 6.10 Å². The van der Waals surface area contributed by atoms with Gasteiger partial charge in [-0.15, -0.1) is 0 Å². The summed E-state index contributed by atoms with van der Waals surface area (Å²) in [7, 11) is 0. The highest BCUT2D eigenvalue weighted by molar-refractivity contribution is 5.71. The highest BCUT2D eigenvalue weighted by Crippen LogP contribution is 2.19. The van der Waals surface area contributed by atoms with Gasteiger partial charge in [0.2, 0.25) is 0 Å². The third-order valence-electron chi connectivity index (χ3n) is 14.5. The second-order valence-electron chi connectivity index (χ2n) is 22.2. The van der Waals surface area contributed by atoms with Gasteiger partial charge in [-0.25, -0.2) is 0 Å². The van der Waals surface area contributed by atoms with E-state index in [1.165, 1.54) is 257 Å². The largest absolute Gasteiger partial charge is 0.462 e. The smallest absolute Gasteiger partial charge is 0.306 e. The van der Waals surface area contributed by atoms with Crippen molar-refractivity contribution in [3.8, 4) is 0 Å². The minimum Gasteiger partial charge on any atom is -0.462 e. The topological polar surface area (TPSA) is 78.9 Å². The van der Waals surface area contributed by atoms with Gasteiger partial charge in [0.25, 0.3) is 0 Å². The van der Waals surface area contributed by atoms with Gasteiger partial charge in [-0.3, -0.25) is 14.4 Å². The number of ether oxygens (including phenoxy) is 3. The quantitative estimate of drug-likeness (QED) is 0.0343. The molecule has 0 aliphatic rings. The normalized spacial score (nSPS) is 12.0. The molecular formula is C63H122O6. The average Bonchev–Trinajstić information content (AvgIpc) is 3.34. The fraction of sp³-hybridized carbons (Fsp3) is 0.952. The van der Waals surface area contributed by atoms with Crippen molar-refractivity contribution in [2.75, 3.05) is 13.2 Å². The van der Waals surface area contributed by atoms with E-state index in [-0.39, 0.29) is 31.1 Å². The summed E-state index contributed by atoms with van der Waals surface area (Å²) < 4.78 is 16.9. The van der Waals surface area contributed by atoms with Crippen LogP contribution in [0.25, 0.3) is 0 Å².